The van der Waals surface area contributed by atoms with Gasteiger partial charge in [0.1, 0.15) is 17.0 Å². The number of imidazole rings is 1. The van der Waals surface area contributed by atoms with Gasteiger partial charge in [0.15, 0.2) is 0 Å². The second-order valence-electron chi connectivity index (χ2n) is 8.39. The van der Waals surface area contributed by atoms with Crippen molar-refractivity contribution in [1.29, 1.82) is 0 Å². The van der Waals surface area contributed by atoms with Crippen LogP contribution in [0.25, 0.3) is 33.4 Å². The molecule has 0 atom stereocenters. The van der Waals surface area contributed by atoms with Crippen LogP contribution in [0.5, 0.6) is 0 Å². The Morgan fingerprint density at radius 1 is 1.11 bits per heavy atom. The van der Waals surface area contributed by atoms with E-state index in [1.54, 1.807) is 0 Å². The number of anilines is 1. The van der Waals surface area contributed by atoms with Crippen LogP contribution < -0.4 is 10.5 Å². The Balaban J connectivity index is 1.77. The van der Waals surface area contributed by atoms with E-state index in [4.69, 9.17) is 4.42 Å². The first-order valence-electron chi connectivity index (χ1n) is 9.60. The fourth-order valence-electron chi connectivity index (χ4n) is 4.26. The molecule has 0 aliphatic carbocycles. The zero-order valence-corrected chi connectivity index (χ0v) is 16.6. The monoisotopic (exact) mass is 373 g/mol. The van der Waals surface area contributed by atoms with Gasteiger partial charge in [0.05, 0.1) is 11.0 Å². The molecule has 142 valence electrons. The first-order chi connectivity index (χ1) is 13.3. The maximum atomic E-state index is 12.8. The average molecular weight is 373 g/mol. The van der Waals surface area contributed by atoms with Crippen molar-refractivity contribution >= 4 is 27.7 Å². The molecule has 5 heteroatoms. The van der Waals surface area contributed by atoms with E-state index in [-0.39, 0.29) is 11.0 Å². The molecule has 1 aliphatic heterocycles. The smallest absolute Gasteiger partial charge is 0.347 e. The fourth-order valence-corrected chi connectivity index (χ4v) is 4.26. The summed E-state index contributed by atoms with van der Waals surface area (Å²) in [6.45, 7) is 5.54. The highest BCUT2D eigenvalue weighted by atomic mass is 16.4. The normalized spacial score (nSPS) is 15.9. The summed E-state index contributed by atoms with van der Waals surface area (Å²) >= 11 is 0. The van der Waals surface area contributed by atoms with Crippen LogP contribution in [-0.2, 0) is 12.5 Å². The number of aromatic nitrogens is 2. The number of hydrogen-bond acceptors (Lipinski definition) is 4. The second kappa shape index (κ2) is 5.71. The summed E-state index contributed by atoms with van der Waals surface area (Å²) in [4.78, 5) is 19.7. The van der Waals surface area contributed by atoms with Gasteiger partial charge in [-0.15, -0.1) is 0 Å². The molecule has 5 nitrogen and oxygen atoms in total. The number of rotatable bonds is 1. The molecular formula is C23H23N3O2. The summed E-state index contributed by atoms with van der Waals surface area (Å²) in [6, 6.07) is 14.0. The van der Waals surface area contributed by atoms with E-state index in [1.807, 2.05) is 48.0 Å². The van der Waals surface area contributed by atoms with Gasteiger partial charge in [0.2, 0.25) is 0 Å². The minimum Gasteiger partial charge on any atom is -0.422 e. The summed E-state index contributed by atoms with van der Waals surface area (Å²) in [5.74, 6) is 0.631. The van der Waals surface area contributed by atoms with E-state index < -0.39 is 0 Å². The Bertz CT molecular complexity index is 1300. The predicted octanol–water partition coefficient (Wildman–Crippen LogP) is 4.46. The lowest BCUT2D eigenvalue weighted by molar-refractivity contribution is 0.462. The summed E-state index contributed by atoms with van der Waals surface area (Å²) < 4.78 is 7.69. The predicted molar refractivity (Wildman–Crippen MR) is 113 cm³/mol. The van der Waals surface area contributed by atoms with Gasteiger partial charge in [-0.2, -0.15) is 0 Å². The first kappa shape index (κ1) is 17.0. The highest BCUT2D eigenvalue weighted by Crippen LogP contribution is 2.41. The fraction of sp³-hybridized carbons (Fsp3) is 0.304. The standard InChI is InChI=1S/C23H23N3O2/c1-23(2)9-10-25(3)19-13-20-14(12-16(19)23)11-15(22(27)28-20)21-24-17-7-5-6-8-18(17)26(21)4/h5-8,11-13H,9-10H2,1-4H3. The Kier molecular flexibility index (Phi) is 3.48. The van der Waals surface area contributed by atoms with Crippen molar-refractivity contribution in [3.8, 4) is 11.4 Å². The molecule has 0 saturated heterocycles. The summed E-state index contributed by atoms with van der Waals surface area (Å²) in [5.41, 5.74) is 5.14. The Hall–Kier alpha value is -3.08. The van der Waals surface area contributed by atoms with Crippen molar-refractivity contribution in [2.75, 3.05) is 18.5 Å². The number of nitrogens with zero attached hydrogens (tertiary/aromatic N) is 3. The van der Waals surface area contributed by atoms with Crippen molar-refractivity contribution in [3.63, 3.8) is 0 Å². The largest absolute Gasteiger partial charge is 0.422 e. The van der Waals surface area contributed by atoms with E-state index in [1.165, 1.54) is 5.56 Å². The van der Waals surface area contributed by atoms with Crippen LogP contribution in [0.3, 0.4) is 0 Å². The van der Waals surface area contributed by atoms with E-state index in [0.29, 0.717) is 17.0 Å². The van der Waals surface area contributed by atoms with Crippen LogP contribution in [0.15, 0.2) is 51.7 Å². The molecule has 0 fully saturated rings. The highest BCUT2D eigenvalue weighted by Gasteiger charge is 2.30. The van der Waals surface area contributed by atoms with E-state index in [9.17, 15) is 4.79 Å². The van der Waals surface area contributed by atoms with Crippen molar-refractivity contribution in [2.45, 2.75) is 25.7 Å². The number of hydrogen-bond donors (Lipinski definition) is 0. The van der Waals surface area contributed by atoms with E-state index in [2.05, 4.69) is 36.8 Å². The van der Waals surface area contributed by atoms with Crippen molar-refractivity contribution in [3.05, 3.63) is 58.4 Å². The van der Waals surface area contributed by atoms with Crippen molar-refractivity contribution < 1.29 is 4.42 Å². The maximum Gasteiger partial charge on any atom is 0.347 e. The Labute approximate surface area is 163 Å². The molecule has 1 aliphatic rings. The molecular weight excluding hydrogens is 350 g/mol. The summed E-state index contributed by atoms with van der Waals surface area (Å²) in [6.07, 6.45) is 1.09. The van der Waals surface area contributed by atoms with Crippen LogP contribution in [-0.4, -0.2) is 23.1 Å². The van der Waals surface area contributed by atoms with Gasteiger partial charge in [-0.1, -0.05) is 26.0 Å². The Morgan fingerprint density at radius 2 is 1.89 bits per heavy atom. The van der Waals surface area contributed by atoms with Gasteiger partial charge in [0, 0.05) is 37.8 Å². The molecule has 2 aromatic heterocycles. The minimum absolute atomic E-state index is 0.0875. The molecule has 0 spiro atoms. The quantitative estimate of drug-likeness (QED) is 0.462. The van der Waals surface area contributed by atoms with Crippen LogP contribution in [0, 0.1) is 0 Å². The van der Waals surface area contributed by atoms with Crippen LogP contribution in [0.2, 0.25) is 0 Å². The van der Waals surface area contributed by atoms with E-state index in [0.717, 1.165) is 35.1 Å². The molecule has 0 N–H and O–H groups in total. The zero-order valence-electron chi connectivity index (χ0n) is 16.6. The molecule has 0 amide bonds. The van der Waals surface area contributed by atoms with Crippen molar-refractivity contribution in [1.82, 2.24) is 9.55 Å². The molecule has 28 heavy (non-hydrogen) atoms. The number of fused-ring (bicyclic) bond motifs is 3. The number of benzene rings is 2. The molecule has 0 radical (unpaired) electrons. The molecule has 3 heterocycles. The van der Waals surface area contributed by atoms with Gasteiger partial charge < -0.3 is 13.9 Å². The molecule has 0 bridgehead atoms. The van der Waals surface area contributed by atoms with Gasteiger partial charge in [-0.25, -0.2) is 9.78 Å². The molecule has 2 aromatic carbocycles. The lowest BCUT2D eigenvalue weighted by Gasteiger charge is -2.38. The second-order valence-corrected chi connectivity index (χ2v) is 8.39. The van der Waals surface area contributed by atoms with Gasteiger partial charge in [-0.3, -0.25) is 0 Å². The average Bonchev–Trinajstić information content (AvgIpc) is 3.00. The Morgan fingerprint density at radius 3 is 2.68 bits per heavy atom. The lowest BCUT2D eigenvalue weighted by atomic mass is 9.77. The third-order valence-electron chi connectivity index (χ3n) is 6.09. The SMILES string of the molecule is CN1CCC(C)(C)c2cc3cc(-c4nc5ccccc5n4C)c(=O)oc3cc21. The number of aryl methyl sites for hydroxylation is 1. The topological polar surface area (TPSA) is 51.3 Å². The van der Waals surface area contributed by atoms with Crippen LogP contribution >= 0.6 is 0 Å². The minimum atomic E-state index is -0.358. The summed E-state index contributed by atoms with van der Waals surface area (Å²) in [5, 5.41) is 0.934. The van der Waals surface area contributed by atoms with Crippen LogP contribution in [0.4, 0.5) is 5.69 Å². The zero-order chi connectivity index (χ0) is 19.6. The third-order valence-corrected chi connectivity index (χ3v) is 6.09. The molecule has 0 saturated carbocycles. The third kappa shape index (κ3) is 2.39. The number of para-hydroxylation sites is 2. The van der Waals surface area contributed by atoms with Crippen molar-refractivity contribution in [2.24, 2.45) is 7.05 Å². The first-order valence-corrected chi connectivity index (χ1v) is 9.60. The molecule has 4 aromatic rings. The molecule has 5 rings (SSSR count). The van der Waals surface area contributed by atoms with E-state index >= 15 is 0 Å². The van der Waals surface area contributed by atoms with Gasteiger partial charge in [0.25, 0.3) is 0 Å². The summed E-state index contributed by atoms with van der Waals surface area (Å²) in [7, 11) is 4.02. The maximum absolute atomic E-state index is 12.8. The van der Waals surface area contributed by atoms with Gasteiger partial charge >= 0.3 is 5.63 Å². The highest BCUT2D eigenvalue weighted by molar-refractivity contribution is 5.88. The lowest BCUT2D eigenvalue weighted by Crippen LogP contribution is -2.34. The van der Waals surface area contributed by atoms with Crippen LogP contribution in [0.1, 0.15) is 25.8 Å². The molecule has 0 unspecified atom stereocenters. The van der Waals surface area contributed by atoms with Gasteiger partial charge in [-0.05, 0) is 41.7 Å².